The average Bonchev–Trinajstić information content (AvgIpc) is 2.87. The van der Waals surface area contributed by atoms with Crippen LogP contribution in [0.25, 0.3) is 22.2 Å². The van der Waals surface area contributed by atoms with Gasteiger partial charge in [-0.15, -0.1) is 0 Å². The fraction of sp³-hybridized carbons (Fsp3) is 0.0714. The second-order valence-corrected chi connectivity index (χ2v) is 4.13. The second kappa shape index (κ2) is 4.65. The first kappa shape index (κ1) is 12.2. The fourth-order valence-electron chi connectivity index (χ4n) is 2.05. The Bertz CT molecular complexity index is 795. The Kier molecular flexibility index (Phi) is 2.83. The largest absolute Gasteiger partial charge is 0.481 e. The van der Waals surface area contributed by atoms with Crippen molar-refractivity contribution in [1.82, 2.24) is 14.8 Å². The van der Waals surface area contributed by atoms with E-state index < -0.39 is 6.03 Å². The number of pyridine rings is 1. The molecule has 2 heterocycles. The third-order valence-electron chi connectivity index (χ3n) is 2.95. The van der Waals surface area contributed by atoms with Gasteiger partial charge >= 0.3 is 6.03 Å². The number of benzene rings is 1. The van der Waals surface area contributed by atoms with Crippen LogP contribution in [-0.4, -0.2) is 27.9 Å². The van der Waals surface area contributed by atoms with Crippen molar-refractivity contribution >= 4 is 16.9 Å². The van der Waals surface area contributed by atoms with Crippen LogP contribution in [-0.2, 0) is 0 Å². The zero-order valence-corrected chi connectivity index (χ0v) is 10.7. The van der Waals surface area contributed by atoms with E-state index in [2.05, 4.69) is 16.1 Å². The average molecular weight is 267 g/mol. The molecular weight excluding hydrogens is 256 g/mol. The van der Waals surface area contributed by atoms with Gasteiger partial charge in [-0.25, -0.2) is 9.78 Å². The SMILES string of the molecule is COc1cc(-c2nn(C(N)=O)c3cc[c]cc23)ccn1. The molecule has 99 valence electrons. The molecule has 6 heteroatoms. The molecule has 0 fully saturated rings. The molecule has 3 aromatic rings. The van der Waals surface area contributed by atoms with E-state index in [1.54, 1.807) is 43.6 Å². The number of primary amides is 1. The molecule has 1 aromatic carbocycles. The maximum atomic E-state index is 11.5. The van der Waals surface area contributed by atoms with Crippen molar-refractivity contribution in [3.8, 4) is 17.1 Å². The molecule has 0 aliphatic carbocycles. The Morgan fingerprint density at radius 2 is 2.30 bits per heavy atom. The van der Waals surface area contributed by atoms with Gasteiger partial charge in [0.15, 0.2) is 0 Å². The molecule has 0 atom stereocenters. The van der Waals surface area contributed by atoms with E-state index >= 15 is 0 Å². The van der Waals surface area contributed by atoms with Crippen molar-refractivity contribution in [2.24, 2.45) is 5.73 Å². The number of hydrogen-bond donors (Lipinski definition) is 1. The van der Waals surface area contributed by atoms with Crippen LogP contribution in [0.2, 0.25) is 0 Å². The van der Waals surface area contributed by atoms with Crippen molar-refractivity contribution in [1.29, 1.82) is 0 Å². The standard InChI is InChI=1S/C14H11N4O2/c1-20-12-8-9(6-7-16-12)13-10-4-2-3-5-11(10)18(17-13)14(15)19/h3-8H,1H3,(H2,15,19). The second-order valence-electron chi connectivity index (χ2n) is 4.13. The first-order valence-corrected chi connectivity index (χ1v) is 5.90. The third kappa shape index (κ3) is 1.87. The van der Waals surface area contributed by atoms with E-state index in [-0.39, 0.29) is 0 Å². The number of hydrogen-bond acceptors (Lipinski definition) is 4. The van der Waals surface area contributed by atoms with Crippen molar-refractivity contribution in [2.75, 3.05) is 7.11 Å². The maximum Gasteiger partial charge on any atom is 0.340 e. The van der Waals surface area contributed by atoms with Gasteiger partial charge in [-0.1, -0.05) is 6.07 Å². The molecule has 1 amide bonds. The van der Waals surface area contributed by atoms with Crippen LogP contribution in [0.15, 0.2) is 36.5 Å². The minimum atomic E-state index is -0.631. The van der Waals surface area contributed by atoms with E-state index in [0.29, 0.717) is 17.1 Å². The first-order valence-electron chi connectivity index (χ1n) is 5.90. The van der Waals surface area contributed by atoms with Crippen LogP contribution in [0, 0.1) is 6.07 Å². The van der Waals surface area contributed by atoms with Crippen molar-refractivity contribution in [3.63, 3.8) is 0 Å². The lowest BCUT2D eigenvalue weighted by Gasteiger charge is -2.01. The van der Waals surface area contributed by atoms with Gasteiger partial charge in [-0.05, 0) is 24.3 Å². The molecule has 2 aromatic heterocycles. The summed E-state index contributed by atoms with van der Waals surface area (Å²) in [5.74, 6) is 0.476. The number of carbonyl (C=O) groups is 1. The zero-order valence-electron chi connectivity index (χ0n) is 10.7. The summed E-state index contributed by atoms with van der Waals surface area (Å²) in [6.07, 6.45) is 1.62. The van der Waals surface area contributed by atoms with Crippen molar-refractivity contribution < 1.29 is 9.53 Å². The predicted molar refractivity (Wildman–Crippen MR) is 73.3 cm³/mol. The molecule has 0 saturated carbocycles. The van der Waals surface area contributed by atoms with Crippen LogP contribution >= 0.6 is 0 Å². The number of nitrogens with zero attached hydrogens (tertiary/aromatic N) is 3. The van der Waals surface area contributed by atoms with Crippen LogP contribution in [0.4, 0.5) is 4.79 Å². The number of carbonyl (C=O) groups excluding carboxylic acids is 1. The molecule has 0 unspecified atom stereocenters. The summed E-state index contributed by atoms with van der Waals surface area (Å²) in [5, 5.41) is 5.06. The van der Waals surface area contributed by atoms with E-state index in [4.69, 9.17) is 10.5 Å². The minimum Gasteiger partial charge on any atom is -0.481 e. The lowest BCUT2D eigenvalue weighted by atomic mass is 10.1. The summed E-state index contributed by atoms with van der Waals surface area (Å²) in [7, 11) is 1.54. The summed E-state index contributed by atoms with van der Waals surface area (Å²) in [6.45, 7) is 0. The number of ether oxygens (including phenoxy) is 1. The maximum absolute atomic E-state index is 11.5. The first-order chi connectivity index (χ1) is 9.70. The fourth-order valence-corrected chi connectivity index (χ4v) is 2.05. The van der Waals surface area contributed by atoms with Gasteiger partial charge in [0.05, 0.1) is 12.6 Å². The highest BCUT2D eigenvalue weighted by molar-refractivity contribution is 5.98. The number of aromatic nitrogens is 3. The minimum absolute atomic E-state index is 0.476. The number of rotatable bonds is 2. The van der Waals surface area contributed by atoms with Gasteiger partial charge in [0.1, 0.15) is 5.69 Å². The van der Waals surface area contributed by atoms with Gasteiger partial charge in [0.2, 0.25) is 5.88 Å². The molecule has 0 saturated heterocycles. The van der Waals surface area contributed by atoms with Crippen molar-refractivity contribution in [2.45, 2.75) is 0 Å². The molecule has 0 aliphatic rings. The molecule has 0 spiro atoms. The van der Waals surface area contributed by atoms with E-state index in [1.165, 1.54) is 4.68 Å². The molecule has 1 radical (unpaired) electrons. The number of fused-ring (bicyclic) bond motifs is 1. The Labute approximate surface area is 114 Å². The van der Waals surface area contributed by atoms with Crippen LogP contribution < -0.4 is 10.5 Å². The summed E-state index contributed by atoms with van der Waals surface area (Å²) < 4.78 is 6.27. The predicted octanol–water partition coefficient (Wildman–Crippen LogP) is 1.83. The molecule has 2 N–H and O–H groups in total. The van der Waals surface area contributed by atoms with E-state index in [9.17, 15) is 4.79 Å². The van der Waals surface area contributed by atoms with E-state index in [1.807, 2.05) is 0 Å². The molecule has 6 nitrogen and oxygen atoms in total. The monoisotopic (exact) mass is 267 g/mol. The summed E-state index contributed by atoms with van der Waals surface area (Å²) in [6, 6.07) is 11.1. The highest BCUT2D eigenvalue weighted by atomic mass is 16.5. The van der Waals surface area contributed by atoms with Gasteiger partial charge < -0.3 is 10.5 Å². The number of amides is 1. The van der Waals surface area contributed by atoms with Crippen LogP contribution in [0.3, 0.4) is 0 Å². The lowest BCUT2D eigenvalue weighted by molar-refractivity contribution is 0.248. The van der Waals surface area contributed by atoms with Gasteiger partial charge in [-0.3, -0.25) is 0 Å². The molecule has 0 bridgehead atoms. The highest BCUT2D eigenvalue weighted by Gasteiger charge is 2.15. The van der Waals surface area contributed by atoms with Crippen LogP contribution in [0.5, 0.6) is 5.88 Å². The lowest BCUT2D eigenvalue weighted by Crippen LogP contribution is -2.20. The zero-order chi connectivity index (χ0) is 14.1. The van der Waals surface area contributed by atoms with Crippen molar-refractivity contribution in [3.05, 3.63) is 42.6 Å². The van der Waals surface area contributed by atoms with Gasteiger partial charge in [-0.2, -0.15) is 9.78 Å². The van der Waals surface area contributed by atoms with E-state index in [0.717, 1.165) is 10.9 Å². The Morgan fingerprint density at radius 3 is 3.05 bits per heavy atom. The summed E-state index contributed by atoms with van der Waals surface area (Å²) in [4.78, 5) is 15.5. The number of nitrogens with two attached hydrogens (primary N) is 1. The Morgan fingerprint density at radius 1 is 1.45 bits per heavy atom. The normalized spacial score (nSPS) is 10.7. The Hall–Kier alpha value is -2.89. The molecule has 20 heavy (non-hydrogen) atoms. The smallest absolute Gasteiger partial charge is 0.340 e. The third-order valence-corrected chi connectivity index (χ3v) is 2.95. The van der Waals surface area contributed by atoms with Crippen LogP contribution in [0.1, 0.15) is 0 Å². The molecular formula is C14H11N4O2. The molecule has 3 rings (SSSR count). The molecule has 0 aliphatic heterocycles. The highest BCUT2D eigenvalue weighted by Crippen LogP contribution is 2.28. The van der Waals surface area contributed by atoms with Gasteiger partial charge in [0.25, 0.3) is 0 Å². The Balaban J connectivity index is 2.28. The quantitative estimate of drug-likeness (QED) is 0.767. The topological polar surface area (TPSA) is 83.0 Å². The van der Waals surface area contributed by atoms with Gasteiger partial charge in [0, 0.05) is 23.2 Å². The summed E-state index contributed by atoms with van der Waals surface area (Å²) >= 11 is 0. The summed E-state index contributed by atoms with van der Waals surface area (Å²) in [5.41, 5.74) is 7.41. The number of methoxy groups -OCH3 is 1.